The average molecular weight is 243 g/mol. The minimum atomic E-state index is 0.484. The smallest absolute Gasteiger partial charge is 0.0302 e. The Balaban J connectivity index is 2.22. The molecule has 0 fully saturated rings. The molecule has 0 bridgehead atoms. The van der Waals surface area contributed by atoms with Gasteiger partial charge in [-0.25, -0.2) is 0 Å². The fourth-order valence-corrected chi connectivity index (χ4v) is 3.10. The molecular weight excluding hydrogens is 222 g/mol. The zero-order chi connectivity index (χ0) is 11.1. The molecule has 1 aromatic heterocycles. The van der Waals surface area contributed by atoms with Crippen molar-refractivity contribution in [3.8, 4) is 0 Å². The van der Waals surface area contributed by atoms with Crippen LogP contribution in [0, 0.1) is 0 Å². The minimum absolute atomic E-state index is 0.484. The van der Waals surface area contributed by atoms with Gasteiger partial charge in [0.15, 0.2) is 0 Å². The fourth-order valence-electron chi connectivity index (χ4n) is 1.53. The van der Waals surface area contributed by atoms with Gasteiger partial charge < -0.3 is 5.32 Å². The molecule has 0 spiro atoms. The lowest BCUT2D eigenvalue weighted by Gasteiger charge is -2.19. The number of hydrogen-bond acceptors (Lipinski definition) is 3. The molecule has 1 N–H and O–H groups in total. The fraction of sp³-hybridized carbons (Fsp3) is 0.667. The maximum absolute atomic E-state index is 3.63. The quantitative estimate of drug-likeness (QED) is 0.728. The van der Waals surface area contributed by atoms with Crippen LogP contribution in [0.4, 0.5) is 0 Å². The molecule has 3 heteroatoms. The third kappa shape index (κ3) is 5.05. The predicted octanol–water partition coefficient (Wildman–Crippen LogP) is 3.93. The predicted molar refractivity (Wildman–Crippen MR) is 72.9 cm³/mol. The van der Waals surface area contributed by atoms with Crippen LogP contribution in [0.15, 0.2) is 16.8 Å². The lowest BCUT2D eigenvalue weighted by molar-refractivity contribution is 0.472. The Kier molecular flexibility index (Phi) is 6.37. The van der Waals surface area contributed by atoms with Crippen molar-refractivity contribution >= 4 is 23.1 Å². The molecule has 0 aliphatic carbocycles. The summed E-state index contributed by atoms with van der Waals surface area (Å²) >= 11 is 3.80. The molecular formula is C12H21NS2. The van der Waals surface area contributed by atoms with E-state index in [0.29, 0.717) is 12.1 Å². The highest BCUT2D eigenvalue weighted by Crippen LogP contribution is 2.17. The van der Waals surface area contributed by atoms with E-state index in [2.05, 4.69) is 42.9 Å². The van der Waals surface area contributed by atoms with Crippen molar-refractivity contribution in [3.05, 3.63) is 22.4 Å². The SMILES string of the molecule is CCSCCC(C)NC(C)c1ccsc1. The lowest BCUT2D eigenvalue weighted by atomic mass is 10.1. The van der Waals surface area contributed by atoms with Gasteiger partial charge in [0.25, 0.3) is 0 Å². The van der Waals surface area contributed by atoms with Crippen molar-refractivity contribution in [1.82, 2.24) is 5.32 Å². The van der Waals surface area contributed by atoms with Gasteiger partial charge in [-0.1, -0.05) is 6.92 Å². The van der Waals surface area contributed by atoms with Crippen LogP contribution in [0.5, 0.6) is 0 Å². The second kappa shape index (κ2) is 7.31. The molecule has 1 aromatic rings. The molecule has 2 atom stereocenters. The molecule has 0 saturated carbocycles. The van der Waals surface area contributed by atoms with E-state index in [0.717, 1.165) is 0 Å². The largest absolute Gasteiger partial charge is 0.308 e. The molecule has 86 valence electrons. The van der Waals surface area contributed by atoms with Crippen molar-refractivity contribution in [2.24, 2.45) is 0 Å². The maximum Gasteiger partial charge on any atom is 0.0302 e. The summed E-state index contributed by atoms with van der Waals surface area (Å²) in [5, 5.41) is 8.01. The summed E-state index contributed by atoms with van der Waals surface area (Å²) in [5.41, 5.74) is 1.41. The zero-order valence-corrected chi connectivity index (χ0v) is 11.5. The Morgan fingerprint density at radius 3 is 2.87 bits per heavy atom. The Morgan fingerprint density at radius 2 is 2.27 bits per heavy atom. The Morgan fingerprint density at radius 1 is 1.47 bits per heavy atom. The van der Waals surface area contributed by atoms with Crippen molar-refractivity contribution in [1.29, 1.82) is 0 Å². The summed E-state index contributed by atoms with van der Waals surface area (Å²) in [5.74, 6) is 2.49. The summed E-state index contributed by atoms with van der Waals surface area (Å²) in [6.07, 6.45) is 1.26. The first-order chi connectivity index (χ1) is 7.24. The van der Waals surface area contributed by atoms with E-state index in [-0.39, 0.29) is 0 Å². The van der Waals surface area contributed by atoms with Crippen molar-refractivity contribution in [2.45, 2.75) is 39.3 Å². The van der Waals surface area contributed by atoms with E-state index in [1.807, 2.05) is 11.8 Å². The highest BCUT2D eigenvalue weighted by atomic mass is 32.2. The second-order valence-electron chi connectivity index (χ2n) is 3.83. The van der Waals surface area contributed by atoms with Crippen LogP contribution in [0.1, 0.15) is 38.8 Å². The zero-order valence-electron chi connectivity index (χ0n) is 9.82. The van der Waals surface area contributed by atoms with E-state index in [4.69, 9.17) is 0 Å². The van der Waals surface area contributed by atoms with E-state index >= 15 is 0 Å². The van der Waals surface area contributed by atoms with Crippen molar-refractivity contribution in [2.75, 3.05) is 11.5 Å². The molecule has 0 saturated heterocycles. The third-order valence-corrected chi connectivity index (χ3v) is 4.11. The first-order valence-corrected chi connectivity index (χ1v) is 7.69. The molecule has 15 heavy (non-hydrogen) atoms. The van der Waals surface area contributed by atoms with Crippen molar-refractivity contribution < 1.29 is 0 Å². The van der Waals surface area contributed by atoms with Crippen LogP contribution >= 0.6 is 23.1 Å². The molecule has 0 aliphatic heterocycles. The van der Waals surface area contributed by atoms with E-state index in [1.165, 1.54) is 23.5 Å². The first-order valence-electron chi connectivity index (χ1n) is 5.60. The van der Waals surface area contributed by atoms with E-state index in [1.54, 1.807) is 11.3 Å². The van der Waals surface area contributed by atoms with Gasteiger partial charge in [-0.3, -0.25) is 0 Å². The molecule has 2 unspecified atom stereocenters. The van der Waals surface area contributed by atoms with Crippen LogP contribution in [-0.2, 0) is 0 Å². The molecule has 1 heterocycles. The Hall–Kier alpha value is 0.01000. The summed E-state index contributed by atoms with van der Waals surface area (Å²) in [7, 11) is 0. The van der Waals surface area contributed by atoms with Gasteiger partial charge in [0.2, 0.25) is 0 Å². The van der Waals surface area contributed by atoms with Crippen molar-refractivity contribution in [3.63, 3.8) is 0 Å². The monoisotopic (exact) mass is 243 g/mol. The molecule has 0 aromatic carbocycles. The number of thioether (sulfide) groups is 1. The number of rotatable bonds is 7. The number of hydrogen-bond donors (Lipinski definition) is 1. The van der Waals surface area contributed by atoms with Gasteiger partial charge in [0, 0.05) is 12.1 Å². The Bertz CT molecular complexity index is 246. The topological polar surface area (TPSA) is 12.0 Å². The van der Waals surface area contributed by atoms with Gasteiger partial charge in [-0.2, -0.15) is 23.1 Å². The highest BCUT2D eigenvalue weighted by molar-refractivity contribution is 7.99. The highest BCUT2D eigenvalue weighted by Gasteiger charge is 2.09. The summed E-state index contributed by atoms with van der Waals surface area (Å²) in [4.78, 5) is 0. The average Bonchev–Trinajstić information content (AvgIpc) is 2.70. The standard InChI is InChI=1S/C12H21NS2/c1-4-14-7-5-10(2)13-11(3)12-6-8-15-9-12/h6,8-11,13H,4-5,7H2,1-3H3. The second-order valence-corrected chi connectivity index (χ2v) is 6.01. The lowest BCUT2D eigenvalue weighted by Crippen LogP contribution is -2.29. The van der Waals surface area contributed by atoms with Gasteiger partial charge in [-0.05, 0) is 54.2 Å². The number of nitrogens with one attached hydrogen (secondary N) is 1. The van der Waals surface area contributed by atoms with Gasteiger partial charge in [0.1, 0.15) is 0 Å². The van der Waals surface area contributed by atoms with Crippen LogP contribution in [0.25, 0.3) is 0 Å². The molecule has 1 nitrogen and oxygen atoms in total. The normalized spacial score (nSPS) is 15.1. The molecule has 0 aliphatic rings. The van der Waals surface area contributed by atoms with Crippen LogP contribution in [-0.4, -0.2) is 17.5 Å². The van der Waals surface area contributed by atoms with E-state index < -0.39 is 0 Å². The summed E-state index contributed by atoms with van der Waals surface area (Å²) in [6, 6.07) is 3.30. The van der Waals surface area contributed by atoms with Gasteiger partial charge in [-0.15, -0.1) is 0 Å². The van der Waals surface area contributed by atoms with E-state index in [9.17, 15) is 0 Å². The number of thiophene rings is 1. The Labute approximate surface area is 102 Å². The minimum Gasteiger partial charge on any atom is -0.308 e. The van der Waals surface area contributed by atoms with Crippen LogP contribution < -0.4 is 5.32 Å². The van der Waals surface area contributed by atoms with Crippen LogP contribution in [0.3, 0.4) is 0 Å². The maximum atomic E-state index is 3.63. The molecule has 0 radical (unpaired) electrons. The first kappa shape index (κ1) is 13.1. The van der Waals surface area contributed by atoms with Gasteiger partial charge in [0.05, 0.1) is 0 Å². The molecule has 1 rings (SSSR count). The van der Waals surface area contributed by atoms with Crippen LogP contribution in [0.2, 0.25) is 0 Å². The summed E-state index contributed by atoms with van der Waals surface area (Å²) in [6.45, 7) is 6.74. The summed E-state index contributed by atoms with van der Waals surface area (Å²) < 4.78 is 0. The third-order valence-electron chi connectivity index (χ3n) is 2.48. The molecule has 0 amide bonds. The van der Waals surface area contributed by atoms with Gasteiger partial charge >= 0.3 is 0 Å².